The van der Waals surface area contributed by atoms with Gasteiger partial charge in [-0.3, -0.25) is 4.21 Å². The highest BCUT2D eigenvalue weighted by Gasteiger charge is 2.11. The van der Waals surface area contributed by atoms with Gasteiger partial charge in [-0.15, -0.1) is 0 Å². The van der Waals surface area contributed by atoms with Crippen LogP contribution in [0.25, 0.3) is 11.5 Å². The zero-order valence-electron chi connectivity index (χ0n) is 12.0. The van der Waals surface area contributed by atoms with Crippen LogP contribution in [0.3, 0.4) is 0 Å². The largest absolute Gasteiger partial charge is 0.444 e. The number of benzene rings is 2. The van der Waals surface area contributed by atoms with Crippen LogP contribution in [0, 0.1) is 11.6 Å². The molecule has 1 unspecified atom stereocenters. The summed E-state index contributed by atoms with van der Waals surface area (Å²) in [6.07, 6.45) is 1.41. The van der Waals surface area contributed by atoms with E-state index in [1.54, 1.807) is 24.3 Å². The highest BCUT2D eigenvalue weighted by molar-refractivity contribution is 7.83. The minimum atomic E-state index is -1.24. The topological polar surface area (TPSA) is 43.1 Å². The molecule has 3 aromatic rings. The standard InChI is InChI=1S/C17H13F2NO2S/c18-14-5-1-3-12(7-14)10-23(21)11-16-9-22-17(20-16)13-4-2-6-15(19)8-13/h1-9H,10-11H2. The van der Waals surface area contributed by atoms with Crippen LogP contribution in [0.1, 0.15) is 11.3 Å². The highest BCUT2D eigenvalue weighted by Crippen LogP contribution is 2.20. The second-order valence-corrected chi connectivity index (χ2v) is 6.47. The van der Waals surface area contributed by atoms with Gasteiger partial charge in [-0.05, 0) is 35.9 Å². The third-order valence-corrected chi connectivity index (χ3v) is 4.42. The first-order valence-electron chi connectivity index (χ1n) is 6.90. The maximum absolute atomic E-state index is 13.2. The van der Waals surface area contributed by atoms with E-state index in [1.807, 2.05) is 0 Å². The van der Waals surface area contributed by atoms with E-state index >= 15 is 0 Å². The Bertz CT molecular complexity index is 848. The van der Waals surface area contributed by atoms with Crippen molar-refractivity contribution < 1.29 is 17.4 Å². The minimum Gasteiger partial charge on any atom is -0.444 e. The van der Waals surface area contributed by atoms with E-state index in [-0.39, 0.29) is 29.0 Å². The van der Waals surface area contributed by atoms with E-state index in [0.29, 0.717) is 16.8 Å². The third-order valence-electron chi connectivity index (χ3n) is 3.15. The average Bonchev–Trinajstić information content (AvgIpc) is 2.95. The van der Waals surface area contributed by atoms with Gasteiger partial charge in [-0.2, -0.15) is 0 Å². The van der Waals surface area contributed by atoms with Crippen molar-refractivity contribution in [1.82, 2.24) is 4.98 Å². The van der Waals surface area contributed by atoms with Crippen molar-refractivity contribution in [3.63, 3.8) is 0 Å². The Morgan fingerprint density at radius 3 is 2.48 bits per heavy atom. The number of aromatic nitrogens is 1. The van der Waals surface area contributed by atoms with E-state index in [9.17, 15) is 13.0 Å². The number of rotatable bonds is 5. The fourth-order valence-corrected chi connectivity index (χ4v) is 3.27. The van der Waals surface area contributed by atoms with Gasteiger partial charge < -0.3 is 4.42 Å². The van der Waals surface area contributed by atoms with Crippen molar-refractivity contribution in [2.45, 2.75) is 11.5 Å². The molecule has 0 aliphatic carbocycles. The number of hydrogen-bond acceptors (Lipinski definition) is 3. The minimum absolute atomic E-state index is 0.190. The zero-order valence-corrected chi connectivity index (χ0v) is 12.9. The molecular weight excluding hydrogens is 320 g/mol. The van der Waals surface area contributed by atoms with Crippen LogP contribution in [0.4, 0.5) is 8.78 Å². The predicted octanol–water partition coefficient (Wildman–Crippen LogP) is 4.07. The molecule has 1 atom stereocenters. The lowest BCUT2D eigenvalue weighted by molar-refractivity contribution is 0.571. The summed E-state index contributed by atoms with van der Waals surface area (Å²) in [5, 5.41) is 0. The van der Waals surface area contributed by atoms with Gasteiger partial charge in [0, 0.05) is 22.1 Å². The van der Waals surface area contributed by atoms with Crippen LogP contribution in [-0.2, 0) is 22.3 Å². The molecule has 0 aliphatic heterocycles. The van der Waals surface area contributed by atoms with Crippen molar-refractivity contribution in [1.29, 1.82) is 0 Å². The molecule has 0 fully saturated rings. The maximum Gasteiger partial charge on any atom is 0.226 e. The summed E-state index contributed by atoms with van der Waals surface area (Å²) in [5.74, 6) is -0.0246. The number of nitrogens with zero attached hydrogens (tertiary/aromatic N) is 1. The van der Waals surface area contributed by atoms with Crippen LogP contribution in [0.15, 0.2) is 59.2 Å². The van der Waals surface area contributed by atoms with Gasteiger partial charge in [-0.25, -0.2) is 13.8 Å². The molecule has 1 aromatic heterocycles. The summed E-state index contributed by atoms with van der Waals surface area (Å²) in [7, 11) is -1.24. The van der Waals surface area contributed by atoms with Crippen LogP contribution >= 0.6 is 0 Å². The van der Waals surface area contributed by atoms with Crippen LogP contribution in [0.5, 0.6) is 0 Å². The molecule has 0 bridgehead atoms. The van der Waals surface area contributed by atoms with Crippen LogP contribution < -0.4 is 0 Å². The third kappa shape index (κ3) is 4.10. The molecule has 0 aliphatic rings. The first-order valence-corrected chi connectivity index (χ1v) is 8.39. The van der Waals surface area contributed by atoms with Gasteiger partial charge in [0.05, 0.1) is 11.4 Å². The molecule has 0 amide bonds. The fourth-order valence-electron chi connectivity index (χ4n) is 2.16. The van der Waals surface area contributed by atoms with E-state index < -0.39 is 10.8 Å². The molecule has 3 rings (SSSR count). The molecule has 0 N–H and O–H groups in total. The molecule has 0 radical (unpaired) electrons. The van der Waals surface area contributed by atoms with E-state index in [4.69, 9.17) is 4.42 Å². The number of hydrogen-bond donors (Lipinski definition) is 0. The van der Waals surface area contributed by atoms with Crippen LogP contribution in [0.2, 0.25) is 0 Å². The maximum atomic E-state index is 13.2. The summed E-state index contributed by atoms with van der Waals surface area (Å²) in [4.78, 5) is 4.22. The molecule has 0 spiro atoms. The van der Waals surface area contributed by atoms with Crippen molar-refractivity contribution in [3.05, 3.63) is 77.7 Å². The van der Waals surface area contributed by atoms with Gasteiger partial charge in [0.1, 0.15) is 17.9 Å². The van der Waals surface area contributed by atoms with Crippen LogP contribution in [-0.4, -0.2) is 9.19 Å². The first kappa shape index (κ1) is 15.6. The predicted molar refractivity (Wildman–Crippen MR) is 83.8 cm³/mol. The Kier molecular flexibility index (Phi) is 4.62. The van der Waals surface area contributed by atoms with Crippen molar-refractivity contribution in [2.24, 2.45) is 0 Å². The molecule has 0 saturated heterocycles. The lowest BCUT2D eigenvalue weighted by Gasteiger charge is -2.00. The molecule has 23 heavy (non-hydrogen) atoms. The van der Waals surface area contributed by atoms with Gasteiger partial charge in [-0.1, -0.05) is 18.2 Å². The molecule has 1 heterocycles. The first-order chi connectivity index (χ1) is 11.1. The Morgan fingerprint density at radius 2 is 1.74 bits per heavy atom. The summed E-state index contributed by atoms with van der Waals surface area (Å²) in [6, 6.07) is 11.9. The lowest BCUT2D eigenvalue weighted by atomic mass is 10.2. The molecule has 118 valence electrons. The molecule has 3 nitrogen and oxygen atoms in total. The summed E-state index contributed by atoms with van der Waals surface area (Å²) in [5.41, 5.74) is 1.70. The second kappa shape index (κ2) is 6.83. The molecule has 6 heteroatoms. The summed E-state index contributed by atoms with van der Waals surface area (Å²) < 4.78 is 43.8. The van der Waals surface area contributed by atoms with E-state index in [2.05, 4.69) is 4.98 Å². The number of halogens is 2. The Morgan fingerprint density at radius 1 is 1.00 bits per heavy atom. The van der Waals surface area contributed by atoms with Crippen molar-refractivity contribution in [3.8, 4) is 11.5 Å². The zero-order chi connectivity index (χ0) is 16.2. The Balaban J connectivity index is 1.68. The fraction of sp³-hybridized carbons (Fsp3) is 0.118. The summed E-state index contributed by atoms with van der Waals surface area (Å²) in [6.45, 7) is 0. The Labute approximate surface area is 134 Å². The van der Waals surface area contributed by atoms with Gasteiger partial charge >= 0.3 is 0 Å². The SMILES string of the molecule is O=S(Cc1cccc(F)c1)Cc1coc(-c2cccc(F)c2)n1. The average molecular weight is 333 g/mol. The van der Waals surface area contributed by atoms with E-state index in [1.165, 1.54) is 30.5 Å². The summed E-state index contributed by atoms with van der Waals surface area (Å²) >= 11 is 0. The molecule has 0 saturated carbocycles. The van der Waals surface area contributed by atoms with Gasteiger partial charge in [0.25, 0.3) is 0 Å². The van der Waals surface area contributed by atoms with Gasteiger partial charge in [0.15, 0.2) is 0 Å². The molecule has 2 aromatic carbocycles. The highest BCUT2D eigenvalue weighted by atomic mass is 32.2. The molecular formula is C17H13F2NO2S. The van der Waals surface area contributed by atoms with Crippen molar-refractivity contribution in [2.75, 3.05) is 0 Å². The quantitative estimate of drug-likeness (QED) is 0.707. The van der Waals surface area contributed by atoms with E-state index in [0.717, 1.165) is 0 Å². The van der Waals surface area contributed by atoms with Crippen molar-refractivity contribution >= 4 is 10.8 Å². The lowest BCUT2D eigenvalue weighted by Crippen LogP contribution is -2.00. The second-order valence-electron chi connectivity index (χ2n) is 5.01. The Hall–Kier alpha value is -2.34. The monoisotopic (exact) mass is 333 g/mol. The smallest absolute Gasteiger partial charge is 0.226 e. The number of oxazole rings is 1. The normalized spacial score (nSPS) is 12.3. The van der Waals surface area contributed by atoms with Gasteiger partial charge in [0.2, 0.25) is 5.89 Å².